The number of fused-ring (bicyclic) bond motifs is 1. The van der Waals surface area contributed by atoms with Crippen molar-refractivity contribution in [2.24, 2.45) is 0 Å². The van der Waals surface area contributed by atoms with Gasteiger partial charge in [-0.3, -0.25) is 0 Å². The van der Waals surface area contributed by atoms with Crippen LogP contribution < -0.4 is 4.74 Å². The maximum atomic E-state index is 6.21. The molecule has 0 aliphatic rings. The van der Waals surface area contributed by atoms with E-state index in [0.29, 0.717) is 0 Å². The third kappa shape index (κ3) is 3.58. The molecule has 0 N–H and O–H groups in total. The maximum absolute atomic E-state index is 6.21. The standard InChI is InChI=1S/C23H26NO/c1-5-17(2)25-22-16-9-8-14-21(22)23(24(3)4)20-15-10-12-18-11-6-7-13-19(18)20/h6-17H,5H2,1-4H3/q+1/t17-/m1/s1. The Hall–Kier alpha value is -2.61. The molecule has 0 radical (unpaired) electrons. The van der Waals surface area contributed by atoms with Gasteiger partial charge in [-0.2, -0.15) is 0 Å². The topological polar surface area (TPSA) is 12.2 Å². The van der Waals surface area contributed by atoms with Gasteiger partial charge in [0.2, 0.25) is 5.71 Å². The Morgan fingerprint density at radius 2 is 1.52 bits per heavy atom. The highest BCUT2D eigenvalue weighted by Gasteiger charge is 2.22. The predicted octanol–water partition coefficient (Wildman–Crippen LogP) is 5.13. The highest BCUT2D eigenvalue weighted by Crippen LogP contribution is 2.27. The molecule has 0 saturated carbocycles. The minimum Gasteiger partial charge on any atom is -0.490 e. The number of benzene rings is 3. The van der Waals surface area contributed by atoms with Crippen LogP contribution in [-0.4, -0.2) is 30.5 Å². The van der Waals surface area contributed by atoms with Crippen molar-refractivity contribution in [2.75, 3.05) is 14.1 Å². The molecule has 3 aromatic carbocycles. The SMILES string of the molecule is CC[C@@H](C)Oc1ccccc1C(c1cccc2ccccc12)=[N+](C)C. The van der Waals surface area contributed by atoms with Gasteiger partial charge in [-0.05, 0) is 42.3 Å². The van der Waals surface area contributed by atoms with Crippen LogP contribution in [0.2, 0.25) is 0 Å². The van der Waals surface area contributed by atoms with E-state index < -0.39 is 0 Å². The highest BCUT2D eigenvalue weighted by atomic mass is 16.5. The molecule has 128 valence electrons. The number of hydrogen-bond donors (Lipinski definition) is 0. The minimum atomic E-state index is 0.192. The summed E-state index contributed by atoms with van der Waals surface area (Å²) in [4.78, 5) is 0. The van der Waals surface area contributed by atoms with E-state index in [1.54, 1.807) is 0 Å². The van der Waals surface area contributed by atoms with Gasteiger partial charge in [0.25, 0.3) is 0 Å². The maximum Gasteiger partial charge on any atom is 0.218 e. The lowest BCUT2D eigenvalue weighted by Gasteiger charge is -2.17. The summed E-state index contributed by atoms with van der Waals surface area (Å²) in [6, 6.07) is 23.3. The Balaban J connectivity index is 2.21. The van der Waals surface area contributed by atoms with E-state index >= 15 is 0 Å². The Morgan fingerprint density at radius 1 is 0.880 bits per heavy atom. The van der Waals surface area contributed by atoms with Crippen LogP contribution in [0.25, 0.3) is 10.8 Å². The van der Waals surface area contributed by atoms with E-state index in [-0.39, 0.29) is 6.10 Å². The average Bonchev–Trinajstić information content (AvgIpc) is 2.63. The Morgan fingerprint density at radius 3 is 2.28 bits per heavy atom. The third-order valence-electron chi connectivity index (χ3n) is 4.54. The number of rotatable bonds is 5. The average molecular weight is 332 g/mol. The van der Waals surface area contributed by atoms with Gasteiger partial charge in [0.05, 0.1) is 17.2 Å². The molecular weight excluding hydrogens is 306 g/mol. The summed E-state index contributed by atoms with van der Waals surface area (Å²) in [5.41, 5.74) is 3.53. The van der Waals surface area contributed by atoms with Crippen LogP contribution in [0.3, 0.4) is 0 Å². The Kier molecular flexibility index (Phi) is 5.18. The lowest BCUT2D eigenvalue weighted by Crippen LogP contribution is -2.19. The summed E-state index contributed by atoms with van der Waals surface area (Å²) in [6.07, 6.45) is 1.18. The number of para-hydroxylation sites is 1. The molecular formula is C23H26NO+. The summed E-state index contributed by atoms with van der Waals surface area (Å²) in [5, 5.41) is 2.51. The first kappa shape index (κ1) is 17.2. The lowest BCUT2D eigenvalue weighted by atomic mass is 9.95. The molecule has 25 heavy (non-hydrogen) atoms. The van der Waals surface area contributed by atoms with Crippen molar-refractivity contribution >= 4 is 16.5 Å². The summed E-state index contributed by atoms with van der Waals surface area (Å²) < 4.78 is 8.39. The van der Waals surface area contributed by atoms with Crippen molar-refractivity contribution in [1.29, 1.82) is 0 Å². The van der Waals surface area contributed by atoms with Crippen LogP contribution in [0.15, 0.2) is 66.7 Å². The van der Waals surface area contributed by atoms with Crippen molar-refractivity contribution in [2.45, 2.75) is 26.4 Å². The van der Waals surface area contributed by atoms with E-state index in [1.807, 2.05) is 6.07 Å². The third-order valence-corrected chi connectivity index (χ3v) is 4.54. The monoisotopic (exact) mass is 332 g/mol. The fourth-order valence-electron chi connectivity index (χ4n) is 3.12. The zero-order valence-electron chi connectivity index (χ0n) is 15.5. The number of hydrogen-bond acceptors (Lipinski definition) is 1. The molecule has 2 nitrogen and oxygen atoms in total. The normalized spacial score (nSPS) is 12.0. The van der Waals surface area contributed by atoms with E-state index in [1.165, 1.54) is 22.0 Å². The summed E-state index contributed by atoms with van der Waals surface area (Å²) in [5.74, 6) is 0.938. The van der Waals surface area contributed by atoms with Crippen LogP contribution in [0.4, 0.5) is 0 Å². The smallest absolute Gasteiger partial charge is 0.218 e. The van der Waals surface area contributed by atoms with Gasteiger partial charge in [-0.1, -0.05) is 55.5 Å². The summed E-state index contributed by atoms with van der Waals surface area (Å²) >= 11 is 0. The molecule has 0 saturated heterocycles. The predicted molar refractivity (Wildman–Crippen MR) is 106 cm³/mol. The highest BCUT2D eigenvalue weighted by molar-refractivity contribution is 6.18. The van der Waals surface area contributed by atoms with Crippen LogP contribution in [0.5, 0.6) is 5.75 Å². The minimum absolute atomic E-state index is 0.192. The van der Waals surface area contributed by atoms with Gasteiger partial charge in [-0.15, -0.1) is 0 Å². The quantitative estimate of drug-likeness (QED) is 0.466. The van der Waals surface area contributed by atoms with Gasteiger partial charge in [0, 0.05) is 0 Å². The van der Waals surface area contributed by atoms with Gasteiger partial charge >= 0.3 is 0 Å². The Labute approximate surface area is 150 Å². The molecule has 2 heteroatoms. The molecule has 3 rings (SSSR count). The second-order valence-electron chi connectivity index (χ2n) is 6.60. The molecule has 0 amide bonds. The van der Waals surface area contributed by atoms with E-state index in [9.17, 15) is 0 Å². The van der Waals surface area contributed by atoms with Gasteiger partial charge in [-0.25, -0.2) is 4.58 Å². The molecule has 0 fully saturated rings. The van der Waals surface area contributed by atoms with E-state index in [2.05, 4.69) is 93.2 Å². The number of nitrogens with zero attached hydrogens (tertiary/aromatic N) is 1. The van der Waals surface area contributed by atoms with E-state index in [0.717, 1.165) is 17.7 Å². The molecule has 0 aliphatic heterocycles. The molecule has 1 atom stereocenters. The molecule has 0 bridgehead atoms. The van der Waals surface area contributed by atoms with Crippen LogP contribution >= 0.6 is 0 Å². The second kappa shape index (κ2) is 7.52. The number of ether oxygens (including phenoxy) is 1. The summed E-state index contributed by atoms with van der Waals surface area (Å²) in [7, 11) is 4.19. The molecule has 0 heterocycles. The van der Waals surface area contributed by atoms with Crippen LogP contribution in [0, 0.1) is 0 Å². The van der Waals surface area contributed by atoms with Crippen molar-refractivity contribution in [3.05, 3.63) is 77.9 Å². The van der Waals surface area contributed by atoms with Gasteiger partial charge < -0.3 is 4.74 Å². The van der Waals surface area contributed by atoms with Crippen molar-refractivity contribution in [3.8, 4) is 5.75 Å². The van der Waals surface area contributed by atoms with E-state index in [4.69, 9.17) is 4.74 Å². The first-order valence-corrected chi connectivity index (χ1v) is 8.90. The molecule has 0 aromatic heterocycles. The molecule has 0 spiro atoms. The largest absolute Gasteiger partial charge is 0.490 e. The van der Waals surface area contributed by atoms with Crippen LogP contribution in [-0.2, 0) is 0 Å². The first-order valence-electron chi connectivity index (χ1n) is 8.90. The van der Waals surface area contributed by atoms with Crippen molar-refractivity contribution < 1.29 is 9.31 Å². The second-order valence-corrected chi connectivity index (χ2v) is 6.60. The van der Waals surface area contributed by atoms with Crippen molar-refractivity contribution in [1.82, 2.24) is 0 Å². The lowest BCUT2D eigenvalue weighted by molar-refractivity contribution is -0.463. The van der Waals surface area contributed by atoms with Crippen LogP contribution in [0.1, 0.15) is 31.4 Å². The van der Waals surface area contributed by atoms with Gasteiger partial charge in [0.15, 0.2) is 0 Å². The Bertz CT molecular complexity index is 901. The molecule has 0 aliphatic carbocycles. The fraction of sp³-hybridized carbons (Fsp3) is 0.261. The fourth-order valence-corrected chi connectivity index (χ4v) is 3.12. The van der Waals surface area contributed by atoms with Gasteiger partial charge in [0.1, 0.15) is 19.8 Å². The molecule has 0 unspecified atom stereocenters. The first-order chi connectivity index (χ1) is 12.1. The molecule has 3 aromatic rings. The summed E-state index contributed by atoms with van der Waals surface area (Å²) in [6.45, 7) is 4.26. The zero-order valence-corrected chi connectivity index (χ0v) is 15.5. The zero-order chi connectivity index (χ0) is 17.8. The van der Waals surface area contributed by atoms with Crippen molar-refractivity contribution in [3.63, 3.8) is 0 Å².